The van der Waals surface area contributed by atoms with Crippen molar-refractivity contribution in [1.82, 2.24) is 0 Å². The molecule has 0 N–H and O–H groups in total. The summed E-state index contributed by atoms with van der Waals surface area (Å²) in [5.41, 5.74) is 0.564. The Morgan fingerprint density at radius 3 is 2.15 bits per heavy atom. The number of hydrogen-bond acceptors (Lipinski definition) is 3. The Kier molecular flexibility index (Phi) is 6.07. The van der Waals surface area contributed by atoms with Crippen molar-refractivity contribution in [1.29, 1.82) is 0 Å². The zero-order valence-electron chi connectivity index (χ0n) is 13.4. The number of rotatable bonds is 6. The van der Waals surface area contributed by atoms with E-state index in [4.69, 9.17) is 16.3 Å². The van der Waals surface area contributed by atoms with Crippen molar-refractivity contribution in [2.45, 2.75) is 19.2 Å². The third kappa shape index (κ3) is 7.26. The minimum atomic E-state index is -4.85. The summed E-state index contributed by atoms with van der Waals surface area (Å²) < 4.78 is 71.4. The van der Waals surface area contributed by atoms with E-state index in [-0.39, 0.29) is 10.8 Å². The maximum atomic E-state index is 12.7. The van der Waals surface area contributed by atoms with Crippen molar-refractivity contribution in [2.24, 2.45) is 4.99 Å². The van der Waals surface area contributed by atoms with E-state index < -0.39 is 24.6 Å². The summed E-state index contributed by atoms with van der Waals surface area (Å²) in [5, 5.41) is 0.00555. The highest BCUT2D eigenvalue weighted by atomic mass is 35.5. The van der Waals surface area contributed by atoms with Crippen molar-refractivity contribution in [3.8, 4) is 17.2 Å². The van der Waals surface area contributed by atoms with Gasteiger partial charge in [0.25, 0.3) is 5.92 Å². The second-order valence-corrected chi connectivity index (χ2v) is 5.82. The SMILES string of the molecule is CC(F)(F)CN=Cc1ccc(Oc2cc(Cl)cc(OC(F)(F)F)c2)cc1. The van der Waals surface area contributed by atoms with E-state index in [2.05, 4.69) is 9.73 Å². The molecular formula is C17H13ClF5NO2. The number of aliphatic imine (C=N–C) groups is 1. The number of ether oxygens (including phenoxy) is 2. The van der Waals surface area contributed by atoms with Crippen LogP contribution in [0.1, 0.15) is 12.5 Å². The second kappa shape index (κ2) is 7.90. The van der Waals surface area contributed by atoms with Gasteiger partial charge in [-0.25, -0.2) is 8.78 Å². The number of hydrogen-bond donors (Lipinski definition) is 0. The van der Waals surface area contributed by atoms with Crippen molar-refractivity contribution < 1.29 is 31.4 Å². The standard InChI is InChI=1S/C17H13ClF5NO2/c1-16(19,20)10-24-9-11-2-4-13(5-3-11)25-14-6-12(18)7-15(8-14)26-17(21,22)23/h2-9H,10H2,1H3. The van der Waals surface area contributed by atoms with Gasteiger partial charge in [0.1, 0.15) is 23.8 Å². The lowest BCUT2D eigenvalue weighted by molar-refractivity contribution is -0.274. The molecule has 0 atom stereocenters. The summed E-state index contributed by atoms with van der Waals surface area (Å²) >= 11 is 5.76. The van der Waals surface area contributed by atoms with Crippen LogP contribution in [0.5, 0.6) is 17.2 Å². The molecule has 26 heavy (non-hydrogen) atoms. The largest absolute Gasteiger partial charge is 0.573 e. The lowest BCUT2D eigenvalue weighted by atomic mass is 10.2. The molecule has 0 saturated heterocycles. The highest BCUT2D eigenvalue weighted by molar-refractivity contribution is 6.30. The average molecular weight is 394 g/mol. The van der Waals surface area contributed by atoms with Gasteiger partial charge in [0.2, 0.25) is 0 Å². The van der Waals surface area contributed by atoms with Gasteiger partial charge in [-0.2, -0.15) is 0 Å². The molecule has 0 amide bonds. The van der Waals surface area contributed by atoms with E-state index in [0.29, 0.717) is 11.3 Å². The Labute approximate surface area is 151 Å². The summed E-state index contributed by atoms with van der Waals surface area (Å²) in [6.07, 6.45) is -3.56. The van der Waals surface area contributed by atoms with Gasteiger partial charge < -0.3 is 9.47 Å². The molecular weight excluding hydrogens is 381 g/mol. The molecule has 0 aromatic heterocycles. The molecule has 0 aliphatic rings. The Morgan fingerprint density at radius 1 is 0.962 bits per heavy atom. The molecule has 2 aromatic rings. The van der Waals surface area contributed by atoms with E-state index >= 15 is 0 Å². The minimum absolute atomic E-state index is 0.00555. The smallest absolute Gasteiger partial charge is 0.457 e. The van der Waals surface area contributed by atoms with Gasteiger partial charge in [-0.3, -0.25) is 4.99 Å². The molecule has 0 aliphatic heterocycles. The Hall–Kier alpha value is -2.35. The number of alkyl halides is 5. The van der Waals surface area contributed by atoms with Crippen LogP contribution in [0.4, 0.5) is 22.0 Å². The van der Waals surface area contributed by atoms with E-state index in [9.17, 15) is 22.0 Å². The van der Waals surface area contributed by atoms with Crippen molar-refractivity contribution in [3.63, 3.8) is 0 Å². The zero-order valence-corrected chi connectivity index (χ0v) is 14.1. The molecule has 2 rings (SSSR count). The summed E-state index contributed by atoms with van der Waals surface area (Å²) in [5.74, 6) is -3.04. The van der Waals surface area contributed by atoms with Crippen LogP contribution in [0.2, 0.25) is 5.02 Å². The van der Waals surface area contributed by atoms with Gasteiger partial charge in [0.05, 0.1) is 0 Å². The fraction of sp³-hybridized carbons (Fsp3) is 0.235. The molecule has 0 bridgehead atoms. The van der Waals surface area contributed by atoms with Crippen LogP contribution in [-0.2, 0) is 0 Å². The quantitative estimate of drug-likeness (QED) is 0.438. The van der Waals surface area contributed by atoms with Gasteiger partial charge in [0.15, 0.2) is 0 Å². The van der Waals surface area contributed by atoms with Crippen molar-refractivity contribution in [2.75, 3.05) is 6.54 Å². The Morgan fingerprint density at radius 2 is 1.58 bits per heavy atom. The highest BCUT2D eigenvalue weighted by Crippen LogP contribution is 2.32. The molecule has 3 nitrogen and oxygen atoms in total. The van der Waals surface area contributed by atoms with Gasteiger partial charge in [-0.1, -0.05) is 11.6 Å². The van der Waals surface area contributed by atoms with E-state index in [1.807, 2.05) is 0 Å². The van der Waals surface area contributed by atoms with Gasteiger partial charge >= 0.3 is 6.36 Å². The van der Waals surface area contributed by atoms with Gasteiger partial charge in [-0.15, -0.1) is 13.2 Å². The predicted octanol–water partition coefficient (Wildman–Crippen LogP) is 6.11. The van der Waals surface area contributed by atoms with Crippen LogP contribution in [0.15, 0.2) is 47.5 Å². The number of nitrogens with zero attached hydrogens (tertiary/aromatic N) is 1. The lowest BCUT2D eigenvalue weighted by Crippen LogP contribution is -2.17. The molecule has 0 unspecified atom stereocenters. The van der Waals surface area contributed by atoms with Gasteiger partial charge in [-0.05, 0) is 42.0 Å². The molecule has 0 spiro atoms. The summed E-state index contributed by atoms with van der Waals surface area (Å²) in [6.45, 7) is 0.138. The minimum Gasteiger partial charge on any atom is -0.457 e. The zero-order chi connectivity index (χ0) is 19.4. The Bertz CT molecular complexity index is 770. The predicted molar refractivity (Wildman–Crippen MR) is 87.7 cm³/mol. The molecule has 0 radical (unpaired) electrons. The molecule has 140 valence electrons. The van der Waals surface area contributed by atoms with Crippen LogP contribution in [-0.4, -0.2) is 25.0 Å². The van der Waals surface area contributed by atoms with E-state index in [1.165, 1.54) is 24.4 Å². The average Bonchev–Trinajstić information content (AvgIpc) is 2.45. The molecule has 0 heterocycles. The number of benzene rings is 2. The molecule has 9 heteroatoms. The molecule has 0 aliphatic carbocycles. The van der Waals surface area contributed by atoms with Crippen molar-refractivity contribution >= 4 is 17.8 Å². The van der Waals surface area contributed by atoms with Crippen LogP contribution in [0.3, 0.4) is 0 Å². The first-order chi connectivity index (χ1) is 12.0. The summed E-state index contributed by atoms with van der Waals surface area (Å²) in [7, 11) is 0. The lowest BCUT2D eigenvalue weighted by Gasteiger charge is -2.11. The molecule has 0 saturated carbocycles. The van der Waals surface area contributed by atoms with Crippen LogP contribution in [0, 0.1) is 0 Å². The highest BCUT2D eigenvalue weighted by Gasteiger charge is 2.31. The topological polar surface area (TPSA) is 30.8 Å². The number of halogens is 6. The molecule has 0 fully saturated rings. The monoisotopic (exact) mass is 393 g/mol. The first-order valence-electron chi connectivity index (χ1n) is 7.22. The Balaban J connectivity index is 2.07. The fourth-order valence-corrected chi connectivity index (χ4v) is 2.07. The van der Waals surface area contributed by atoms with Crippen molar-refractivity contribution in [3.05, 3.63) is 53.1 Å². The maximum absolute atomic E-state index is 12.7. The third-order valence-corrected chi connectivity index (χ3v) is 3.02. The summed E-state index contributed by atoms with van der Waals surface area (Å²) in [6, 6.07) is 9.51. The third-order valence-electron chi connectivity index (χ3n) is 2.80. The van der Waals surface area contributed by atoms with E-state index in [1.54, 1.807) is 12.1 Å². The molecule has 2 aromatic carbocycles. The first-order valence-corrected chi connectivity index (χ1v) is 7.60. The second-order valence-electron chi connectivity index (χ2n) is 5.38. The first kappa shape index (κ1) is 20.0. The van der Waals surface area contributed by atoms with E-state index in [0.717, 1.165) is 19.1 Å². The van der Waals surface area contributed by atoms with Crippen LogP contribution < -0.4 is 9.47 Å². The van der Waals surface area contributed by atoms with Crippen LogP contribution in [0.25, 0.3) is 0 Å². The van der Waals surface area contributed by atoms with Crippen LogP contribution >= 0.6 is 11.6 Å². The normalized spacial score (nSPS) is 12.4. The van der Waals surface area contributed by atoms with Gasteiger partial charge in [0, 0.05) is 24.2 Å². The maximum Gasteiger partial charge on any atom is 0.573 e. The fourth-order valence-electron chi connectivity index (χ4n) is 1.86. The summed E-state index contributed by atoms with van der Waals surface area (Å²) in [4.78, 5) is 3.63.